The van der Waals surface area contributed by atoms with Crippen molar-refractivity contribution in [3.05, 3.63) is 64.8 Å². The number of ether oxygens (including phenoxy) is 1. The van der Waals surface area contributed by atoms with E-state index in [1.807, 2.05) is 30.3 Å². The number of benzene rings is 2. The average molecular weight is 421 g/mol. The van der Waals surface area contributed by atoms with Crippen LogP contribution in [0.15, 0.2) is 64.1 Å². The molecule has 0 unspecified atom stereocenters. The number of halogens is 1. The molecule has 0 aliphatic carbocycles. The number of pyridine rings is 1. The van der Waals surface area contributed by atoms with Gasteiger partial charge in [-0.2, -0.15) is 0 Å². The molecule has 0 saturated heterocycles. The Morgan fingerprint density at radius 2 is 1.96 bits per heavy atom. The highest BCUT2D eigenvalue weighted by Crippen LogP contribution is 2.24. The quantitative estimate of drug-likeness (QED) is 0.662. The molecule has 3 aromatic rings. The SMILES string of the molecule is COc1ccc(Br)cc1CCNS(=O)(=O)c1cccc2cccnc12. The monoisotopic (exact) mass is 420 g/mol. The van der Waals surface area contributed by atoms with Crippen molar-refractivity contribution in [2.45, 2.75) is 11.3 Å². The van der Waals surface area contributed by atoms with Gasteiger partial charge >= 0.3 is 0 Å². The number of sulfonamides is 1. The third-order valence-corrected chi connectivity index (χ3v) is 5.80. The lowest BCUT2D eigenvalue weighted by molar-refractivity contribution is 0.409. The first-order valence-electron chi connectivity index (χ1n) is 7.67. The van der Waals surface area contributed by atoms with Gasteiger partial charge in [-0.05, 0) is 42.3 Å². The number of hydrogen-bond donors (Lipinski definition) is 1. The maximum atomic E-state index is 12.7. The fourth-order valence-corrected chi connectivity index (χ4v) is 4.25. The van der Waals surface area contributed by atoms with Crippen LogP contribution in [-0.2, 0) is 16.4 Å². The van der Waals surface area contributed by atoms with Gasteiger partial charge in [-0.25, -0.2) is 13.1 Å². The number of fused-ring (bicyclic) bond motifs is 1. The highest BCUT2D eigenvalue weighted by Gasteiger charge is 2.17. The Morgan fingerprint density at radius 3 is 2.76 bits per heavy atom. The number of rotatable bonds is 6. The van der Waals surface area contributed by atoms with Gasteiger partial charge in [-0.1, -0.05) is 34.1 Å². The van der Waals surface area contributed by atoms with Gasteiger partial charge in [-0.15, -0.1) is 0 Å². The first-order valence-corrected chi connectivity index (χ1v) is 9.95. The zero-order chi connectivity index (χ0) is 17.9. The number of methoxy groups -OCH3 is 1. The molecule has 7 heteroatoms. The van der Waals surface area contributed by atoms with E-state index < -0.39 is 10.0 Å². The summed E-state index contributed by atoms with van der Waals surface area (Å²) in [6.07, 6.45) is 2.10. The average Bonchev–Trinajstić information content (AvgIpc) is 2.61. The Balaban J connectivity index is 1.80. The molecule has 3 rings (SSSR count). The lowest BCUT2D eigenvalue weighted by atomic mass is 10.1. The smallest absolute Gasteiger partial charge is 0.242 e. The molecule has 0 spiro atoms. The summed E-state index contributed by atoms with van der Waals surface area (Å²) < 4.78 is 34.2. The third-order valence-electron chi connectivity index (χ3n) is 3.81. The predicted octanol–water partition coefficient (Wildman–Crippen LogP) is 3.53. The van der Waals surface area contributed by atoms with Crippen molar-refractivity contribution in [2.75, 3.05) is 13.7 Å². The van der Waals surface area contributed by atoms with Crippen molar-refractivity contribution in [2.24, 2.45) is 0 Å². The maximum Gasteiger partial charge on any atom is 0.242 e. The Morgan fingerprint density at radius 1 is 1.16 bits per heavy atom. The molecule has 0 radical (unpaired) electrons. The van der Waals surface area contributed by atoms with Gasteiger partial charge in [0.25, 0.3) is 0 Å². The van der Waals surface area contributed by atoms with Gasteiger partial charge in [0.15, 0.2) is 0 Å². The fourth-order valence-electron chi connectivity index (χ4n) is 2.63. The van der Waals surface area contributed by atoms with Gasteiger partial charge < -0.3 is 4.74 Å². The summed E-state index contributed by atoms with van der Waals surface area (Å²) in [7, 11) is -2.06. The first kappa shape index (κ1) is 17.8. The van der Waals surface area contributed by atoms with Crippen LogP contribution in [0.3, 0.4) is 0 Å². The van der Waals surface area contributed by atoms with Crippen LogP contribution in [0.4, 0.5) is 0 Å². The van der Waals surface area contributed by atoms with Crippen LogP contribution in [0.5, 0.6) is 5.75 Å². The van der Waals surface area contributed by atoms with Crippen LogP contribution in [0.1, 0.15) is 5.56 Å². The van der Waals surface area contributed by atoms with Gasteiger partial charge in [-0.3, -0.25) is 4.98 Å². The highest BCUT2D eigenvalue weighted by atomic mass is 79.9. The van der Waals surface area contributed by atoms with E-state index in [0.29, 0.717) is 11.9 Å². The van der Waals surface area contributed by atoms with E-state index in [1.165, 1.54) is 0 Å². The number of nitrogens with one attached hydrogen (secondary N) is 1. The maximum absolute atomic E-state index is 12.7. The molecule has 0 atom stereocenters. The summed E-state index contributed by atoms with van der Waals surface area (Å²) >= 11 is 3.42. The summed E-state index contributed by atoms with van der Waals surface area (Å²) in [6.45, 7) is 0.262. The molecule has 0 fully saturated rings. The largest absolute Gasteiger partial charge is 0.496 e. The van der Waals surface area contributed by atoms with Crippen LogP contribution in [0.25, 0.3) is 10.9 Å². The molecule has 2 aromatic carbocycles. The van der Waals surface area contributed by atoms with Crippen molar-refractivity contribution < 1.29 is 13.2 Å². The van der Waals surface area contributed by atoms with E-state index in [1.54, 1.807) is 31.5 Å². The molecule has 0 saturated carbocycles. The molecule has 1 N–H and O–H groups in total. The van der Waals surface area contributed by atoms with E-state index in [4.69, 9.17) is 4.74 Å². The van der Waals surface area contributed by atoms with E-state index >= 15 is 0 Å². The van der Waals surface area contributed by atoms with Crippen molar-refractivity contribution in [3.63, 3.8) is 0 Å². The predicted molar refractivity (Wildman–Crippen MR) is 101 cm³/mol. The Labute approximate surface area is 155 Å². The normalized spacial score (nSPS) is 11.6. The molecule has 5 nitrogen and oxygen atoms in total. The van der Waals surface area contributed by atoms with Gasteiger partial charge in [0.05, 0.1) is 12.6 Å². The molecular weight excluding hydrogens is 404 g/mol. The molecule has 0 amide bonds. The Bertz CT molecular complexity index is 1000. The van der Waals surface area contributed by atoms with Crippen molar-refractivity contribution in [1.82, 2.24) is 9.71 Å². The zero-order valence-electron chi connectivity index (χ0n) is 13.6. The minimum atomic E-state index is -3.65. The third kappa shape index (κ3) is 4.00. The summed E-state index contributed by atoms with van der Waals surface area (Å²) in [4.78, 5) is 4.39. The van der Waals surface area contributed by atoms with Gasteiger partial charge in [0.2, 0.25) is 10.0 Å². The van der Waals surface area contributed by atoms with Crippen molar-refractivity contribution in [1.29, 1.82) is 0 Å². The number of hydrogen-bond acceptors (Lipinski definition) is 4. The summed E-state index contributed by atoms with van der Waals surface area (Å²) in [5, 5.41) is 0.791. The van der Waals surface area contributed by atoms with Crippen LogP contribution >= 0.6 is 15.9 Å². The molecule has 1 heterocycles. The second kappa shape index (κ2) is 7.51. The topological polar surface area (TPSA) is 68.3 Å². The summed E-state index contributed by atoms with van der Waals surface area (Å²) in [5.74, 6) is 0.731. The second-order valence-electron chi connectivity index (χ2n) is 5.44. The molecule has 0 aliphatic rings. The fraction of sp³-hybridized carbons (Fsp3) is 0.167. The van der Waals surface area contributed by atoms with E-state index in [-0.39, 0.29) is 11.4 Å². The van der Waals surface area contributed by atoms with Crippen LogP contribution in [-0.4, -0.2) is 27.1 Å². The lowest BCUT2D eigenvalue weighted by Crippen LogP contribution is -2.26. The highest BCUT2D eigenvalue weighted by molar-refractivity contribution is 9.10. The van der Waals surface area contributed by atoms with E-state index in [2.05, 4.69) is 25.6 Å². The van der Waals surface area contributed by atoms with E-state index in [9.17, 15) is 8.42 Å². The Hall–Kier alpha value is -1.96. The number of aromatic nitrogens is 1. The summed E-state index contributed by atoms with van der Waals surface area (Å²) in [6, 6.07) is 14.4. The Kier molecular flexibility index (Phi) is 5.36. The molecule has 1 aromatic heterocycles. The van der Waals surface area contributed by atoms with Crippen molar-refractivity contribution >= 4 is 36.9 Å². The lowest BCUT2D eigenvalue weighted by Gasteiger charge is -2.11. The number of para-hydroxylation sites is 1. The number of nitrogens with zero attached hydrogens (tertiary/aromatic N) is 1. The van der Waals surface area contributed by atoms with Crippen LogP contribution in [0, 0.1) is 0 Å². The minimum absolute atomic E-state index is 0.187. The molecule has 130 valence electrons. The molecule has 25 heavy (non-hydrogen) atoms. The minimum Gasteiger partial charge on any atom is -0.496 e. The van der Waals surface area contributed by atoms with Gasteiger partial charge in [0, 0.05) is 22.6 Å². The van der Waals surface area contributed by atoms with Crippen LogP contribution < -0.4 is 9.46 Å². The van der Waals surface area contributed by atoms with Gasteiger partial charge in [0.1, 0.15) is 10.6 Å². The molecular formula is C18H17BrN2O3S. The van der Waals surface area contributed by atoms with E-state index in [0.717, 1.165) is 21.2 Å². The molecule has 0 bridgehead atoms. The summed E-state index contributed by atoms with van der Waals surface area (Å²) in [5.41, 5.74) is 1.40. The standard InChI is InChI=1S/C18H17BrN2O3S/c1-24-16-8-7-15(19)12-14(16)9-11-21-25(22,23)17-6-2-4-13-5-3-10-20-18(13)17/h2-8,10,12,21H,9,11H2,1H3. The van der Waals surface area contributed by atoms with Crippen LogP contribution in [0.2, 0.25) is 0 Å². The van der Waals surface area contributed by atoms with Crippen molar-refractivity contribution in [3.8, 4) is 5.75 Å². The zero-order valence-corrected chi connectivity index (χ0v) is 16.0. The first-order chi connectivity index (χ1) is 12.0. The molecule has 0 aliphatic heterocycles. The second-order valence-corrected chi connectivity index (χ2v) is 8.09.